The molecule has 0 atom stereocenters. The molecule has 6 heterocycles. The van der Waals surface area contributed by atoms with Crippen LogP contribution < -0.4 is 0 Å². The Labute approximate surface area is 811 Å². The first-order chi connectivity index (χ1) is 69.8. The molecule has 0 aliphatic heterocycles. The lowest BCUT2D eigenvalue weighted by Gasteiger charge is -2.19. The maximum atomic E-state index is 16.3. The molecule has 0 saturated carbocycles. The molecule has 6 aromatic heterocycles. The van der Waals surface area contributed by atoms with E-state index in [1.54, 1.807) is 137 Å². The van der Waals surface area contributed by atoms with E-state index in [9.17, 15) is 10.5 Å². The van der Waals surface area contributed by atoms with Crippen molar-refractivity contribution in [2.75, 3.05) is 0 Å². The van der Waals surface area contributed by atoms with Gasteiger partial charge < -0.3 is 18.3 Å². The van der Waals surface area contributed by atoms with Gasteiger partial charge in [0.1, 0.15) is 0 Å². The summed E-state index contributed by atoms with van der Waals surface area (Å²) >= 11 is 0. The number of benzene rings is 18. The summed E-state index contributed by atoms with van der Waals surface area (Å²) in [7, 11) is 0. The number of halogens is 12. The highest BCUT2D eigenvalue weighted by atomic mass is 19.4. The molecule has 0 aliphatic rings. The number of hydrogen-bond acceptors (Lipinski definition) is 8. The van der Waals surface area contributed by atoms with Gasteiger partial charge in [0.05, 0.1) is 112 Å². The topological polar surface area (TPSA) is 145 Å². The Morgan fingerprint density at radius 1 is 0.174 bits per heavy atom. The molecule has 12 nitrogen and oxygen atoms in total. The first-order valence-corrected chi connectivity index (χ1v) is 45.7. The number of fused-ring (bicyclic) bond motifs is 12. The highest BCUT2D eigenvalue weighted by molar-refractivity contribution is 6.16. The highest BCUT2D eigenvalue weighted by Crippen LogP contribution is 2.51. The van der Waals surface area contributed by atoms with Crippen LogP contribution in [0.15, 0.2) is 400 Å². The lowest BCUT2D eigenvalue weighted by molar-refractivity contribution is -0.138. The molecular formula is C120H66F12N12. The van der Waals surface area contributed by atoms with Crippen molar-refractivity contribution in [3.05, 3.63) is 434 Å². The SMILES string of the molecule is N#Cc1ccc2c(c1)c1ccccc1n2-c1ccc(C(F)(F)F)cc1-c1nc(-c2cccc(-c3cc4c5ccc(-c6ccccc6)cc5n(-c5ccc(C(F)(F)F)cc5-c5nc(-c6ccccc6)nc(-c6cc(C(F)(F)F)ccc6-n6c7cc(-c8ccccc8)ccc7c7ccc(-c8ccccc8)cc76)n5)c4cc3-c3ccccc3)c2)nc(-c2cc(C(F)(F)F)ccc2-n2c3ccccc3c3cc(C#N)ccc32)n1. The Balaban J connectivity index is 0.752. The van der Waals surface area contributed by atoms with Crippen LogP contribution in [-0.2, 0) is 24.7 Å². The van der Waals surface area contributed by atoms with Gasteiger partial charge in [0.15, 0.2) is 34.9 Å². The minimum atomic E-state index is -5.04. The Bertz CT molecular complexity index is 9170. The van der Waals surface area contributed by atoms with E-state index in [0.717, 1.165) is 87.1 Å². The molecule has 24 rings (SSSR count). The largest absolute Gasteiger partial charge is 0.416 e. The lowest BCUT2D eigenvalue weighted by Crippen LogP contribution is -2.10. The van der Waals surface area contributed by atoms with Crippen molar-refractivity contribution >= 4 is 87.2 Å². The molecule has 0 saturated heterocycles. The van der Waals surface area contributed by atoms with E-state index in [-0.39, 0.29) is 73.9 Å². The normalized spacial score (nSPS) is 12.2. The molecule has 690 valence electrons. The fraction of sp³-hybridized carbons (Fsp3) is 0.0333. The third kappa shape index (κ3) is 15.4. The van der Waals surface area contributed by atoms with Crippen LogP contribution in [0.5, 0.6) is 0 Å². The van der Waals surface area contributed by atoms with Crippen molar-refractivity contribution in [2.24, 2.45) is 0 Å². The second-order valence-corrected chi connectivity index (χ2v) is 35.1. The molecular weight excluding hydrogens is 1840 g/mol. The van der Waals surface area contributed by atoms with E-state index >= 15 is 52.7 Å². The second-order valence-electron chi connectivity index (χ2n) is 35.1. The number of hydrogen-bond donors (Lipinski definition) is 0. The first kappa shape index (κ1) is 88.0. The van der Waals surface area contributed by atoms with Crippen LogP contribution in [0.4, 0.5) is 52.7 Å². The highest BCUT2D eigenvalue weighted by Gasteiger charge is 2.39. The molecule has 144 heavy (non-hydrogen) atoms. The van der Waals surface area contributed by atoms with E-state index in [1.807, 2.05) is 209 Å². The zero-order valence-corrected chi connectivity index (χ0v) is 75.0. The predicted molar refractivity (Wildman–Crippen MR) is 540 cm³/mol. The van der Waals surface area contributed by atoms with Crippen molar-refractivity contribution in [2.45, 2.75) is 24.7 Å². The van der Waals surface area contributed by atoms with E-state index in [0.29, 0.717) is 121 Å². The summed E-state index contributed by atoms with van der Waals surface area (Å²) in [6, 6.07) is 116. The van der Waals surface area contributed by atoms with Crippen molar-refractivity contribution in [1.82, 2.24) is 48.2 Å². The molecule has 0 amide bonds. The van der Waals surface area contributed by atoms with Crippen LogP contribution in [0.25, 0.3) is 234 Å². The monoisotopic (exact) mass is 1900 g/mol. The third-order valence-electron chi connectivity index (χ3n) is 26.6. The maximum absolute atomic E-state index is 16.3. The zero-order valence-electron chi connectivity index (χ0n) is 75.0. The Hall–Kier alpha value is -18.7. The smallest absolute Gasteiger partial charge is 0.309 e. The molecule has 0 unspecified atom stereocenters. The maximum Gasteiger partial charge on any atom is 0.416 e. The van der Waals surface area contributed by atoms with Crippen LogP contribution in [0.3, 0.4) is 0 Å². The molecule has 18 aromatic carbocycles. The quantitative estimate of drug-likeness (QED) is 0.0923. The summed E-state index contributed by atoms with van der Waals surface area (Å²) in [5.74, 6) is -1.86. The van der Waals surface area contributed by atoms with Crippen molar-refractivity contribution < 1.29 is 52.7 Å². The van der Waals surface area contributed by atoms with Crippen LogP contribution in [0.2, 0.25) is 0 Å². The van der Waals surface area contributed by atoms with E-state index in [2.05, 4.69) is 12.1 Å². The van der Waals surface area contributed by atoms with E-state index in [1.165, 1.54) is 24.3 Å². The molecule has 0 aliphatic carbocycles. The minimum Gasteiger partial charge on any atom is -0.309 e. The Kier molecular flexibility index (Phi) is 20.9. The van der Waals surface area contributed by atoms with Gasteiger partial charge in [-0.05, 0) is 213 Å². The number of nitrogens with zero attached hydrogens (tertiary/aromatic N) is 12. The zero-order chi connectivity index (χ0) is 98.3. The summed E-state index contributed by atoms with van der Waals surface area (Å²) in [6.07, 6.45) is -20.0. The van der Waals surface area contributed by atoms with E-state index in [4.69, 9.17) is 29.9 Å². The molecule has 0 radical (unpaired) electrons. The summed E-state index contributed by atoms with van der Waals surface area (Å²) < 4.78 is 199. The van der Waals surface area contributed by atoms with Crippen molar-refractivity contribution in [1.29, 1.82) is 10.5 Å². The van der Waals surface area contributed by atoms with Crippen LogP contribution in [-0.4, -0.2) is 48.2 Å². The summed E-state index contributed by atoms with van der Waals surface area (Å²) in [5, 5.41) is 25.5. The average Bonchev–Trinajstić information content (AvgIpc) is 1.57. The van der Waals surface area contributed by atoms with Gasteiger partial charge in [0, 0.05) is 76.5 Å². The van der Waals surface area contributed by atoms with Gasteiger partial charge in [-0.25, -0.2) is 29.9 Å². The van der Waals surface area contributed by atoms with Gasteiger partial charge in [0.2, 0.25) is 0 Å². The van der Waals surface area contributed by atoms with Gasteiger partial charge in [-0.2, -0.15) is 63.2 Å². The molecule has 0 spiro atoms. The lowest BCUT2D eigenvalue weighted by atomic mass is 9.91. The standard InChI is InChI=1S/C120H66F12N12/c121-117(122,123)81-42-51-103(141-99-35-18-16-33-85(99)92-55-69(67-133)37-49-101(92)141)95(61-81)115-137-112(138-116(140-115)96-62-82(118(124,125)126)43-52-104(96)142-100-36-19-17-34-86(100)93-56-70(68-134)38-50-102(93)142)80-32-20-31-79(57-80)90-65-94-89-48-41-78(73-25-10-3-11-26-73)60-109(89)144(110(94)66-91(90)74-27-12-4-13-28-74)106-54-45-84(120(130,131)132)64-98(106)114-136-111(75-29-14-5-15-30-75)135-113(139-114)97-63-83(119(127,128)129)44-53-105(97)143-107-58-76(71-21-6-1-7-22-71)39-46-87(107)88-47-40-77(59-108(88)143)72-23-8-2-9-24-72/h1-66H. The second kappa shape index (κ2) is 34.1. The number of rotatable bonds is 15. The van der Waals surface area contributed by atoms with Gasteiger partial charge in [-0.1, -0.05) is 243 Å². The van der Waals surface area contributed by atoms with Gasteiger partial charge in [-0.15, -0.1) is 0 Å². The molecule has 24 heteroatoms. The number of alkyl halides is 12. The van der Waals surface area contributed by atoms with Gasteiger partial charge in [0.25, 0.3) is 0 Å². The number of aromatic nitrogens is 10. The summed E-state index contributed by atoms with van der Waals surface area (Å²) in [5.41, 5.74) is 7.00. The Morgan fingerprint density at radius 2 is 0.444 bits per heavy atom. The average molecular weight is 1900 g/mol. The fourth-order valence-corrected chi connectivity index (χ4v) is 20.0. The van der Waals surface area contributed by atoms with E-state index < -0.39 is 58.6 Å². The van der Waals surface area contributed by atoms with Crippen molar-refractivity contribution in [3.8, 4) is 159 Å². The number of nitriles is 2. The number of para-hydroxylation sites is 2. The summed E-state index contributed by atoms with van der Waals surface area (Å²) in [6.45, 7) is 0. The Morgan fingerprint density at radius 3 is 0.806 bits per heavy atom. The predicted octanol–water partition coefficient (Wildman–Crippen LogP) is 32.6. The first-order valence-electron chi connectivity index (χ1n) is 45.7. The summed E-state index contributed by atoms with van der Waals surface area (Å²) in [4.78, 5) is 30.9. The molecule has 24 aromatic rings. The van der Waals surface area contributed by atoms with Crippen LogP contribution in [0.1, 0.15) is 33.4 Å². The van der Waals surface area contributed by atoms with Crippen molar-refractivity contribution in [3.63, 3.8) is 0 Å². The van der Waals surface area contributed by atoms with Crippen LogP contribution >= 0.6 is 0 Å². The molecule has 0 fully saturated rings. The fourth-order valence-electron chi connectivity index (χ4n) is 20.0. The van der Waals surface area contributed by atoms with Crippen LogP contribution in [0, 0.1) is 22.7 Å². The third-order valence-corrected chi connectivity index (χ3v) is 26.6. The molecule has 0 bridgehead atoms. The van der Waals surface area contributed by atoms with Gasteiger partial charge >= 0.3 is 24.7 Å². The molecule has 0 N–H and O–H groups in total. The minimum absolute atomic E-state index is 0.0820. The van der Waals surface area contributed by atoms with Gasteiger partial charge in [-0.3, -0.25) is 0 Å².